The van der Waals surface area contributed by atoms with Crippen molar-refractivity contribution in [3.05, 3.63) is 46.9 Å². The molecule has 2 saturated heterocycles. The van der Waals surface area contributed by atoms with Gasteiger partial charge in [0.15, 0.2) is 0 Å². The summed E-state index contributed by atoms with van der Waals surface area (Å²) in [7, 11) is 0. The van der Waals surface area contributed by atoms with Crippen LogP contribution in [0, 0.1) is 0 Å². The Kier molecular flexibility index (Phi) is 6.08. The smallest absolute Gasteiger partial charge is 0.294 e. The van der Waals surface area contributed by atoms with Crippen molar-refractivity contribution < 1.29 is 19.1 Å². The van der Waals surface area contributed by atoms with Gasteiger partial charge in [-0.05, 0) is 61.0 Å². The molecule has 30 heavy (non-hydrogen) atoms. The Bertz CT molecular complexity index is 1030. The molecule has 3 amide bonds. The maximum Gasteiger partial charge on any atom is 0.294 e. The minimum absolute atomic E-state index is 0.162. The molecule has 2 fully saturated rings. The first-order valence-electron chi connectivity index (χ1n) is 10.3. The lowest BCUT2D eigenvalue weighted by molar-refractivity contribution is -0.136. The molecule has 6 nitrogen and oxygen atoms in total. The average molecular weight is 425 g/mol. The van der Waals surface area contributed by atoms with E-state index in [-0.39, 0.29) is 12.5 Å². The molecule has 2 aliphatic heterocycles. The average Bonchev–Trinajstić information content (AvgIpc) is 3.03. The zero-order valence-corrected chi connectivity index (χ0v) is 17.7. The van der Waals surface area contributed by atoms with Gasteiger partial charge in [-0.3, -0.25) is 19.3 Å². The lowest BCUT2D eigenvalue weighted by atomic mass is 10.0. The molecule has 0 aromatic heterocycles. The second-order valence-electron chi connectivity index (χ2n) is 7.34. The SMILES string of the molecule is CCOc1ccc(/C=C2\SC(=O)N(CC(=O)N3CCCCC3)C2=O)c2ccccc12. The lowest BCUT2D eigenvalue weighted by Gasteiger charge is -2.27. The van der Waals surface area contributed by atoms with Crippen LogP contribution < -0.4 is 4.74 Å². The van der Waals surface area contributed by atoms with Crippen molar-refractivity contribution in [2.45, 2.75) is 26.2 Å². The van der Waals surface area contributed by atoms with Crippen molar-refractivity contribution in [1.82, 2.24) is 9.80 Å². The highest BCUT2D eigenvalue weighted by Crippen LogP contribution is 2.35. The van der Waals surface area contributed by atoms with Gasteiger partial charge < -0.3 is 9.64 Å². The van der Waals surface area contributed by atoms with Crippen molar-refractivity contribution in [2.75, 3.05) is 26.2 Å². The number of fused-ring (bicyclic) bond motifs is 1. The quantitative estimate of drug-likeness (QED) is 0.670. The Morgan fingerprint density at radius 3 is 2.53 bits per heavy atom. The van der Waals surface area contributed by atoms with E-state index >= 15 is 0 Å². The van der Waals surface area contributed by atoms with Crippen molar-refractivity contribution in [1.29, 1.82) is 0 Å². The largest absolute Gasteiger partial charge is 0.493 e. The summed E-state index contributed by atoms with van der Waals surface area (Å²) in [4.78, 5) is 41.0. The Morgan fingerprint density at radius 1 is 1.07 bits per heavy atom. The molecule has 0 unspecified atom stereocenters. The summed E-state index contributed by atoms with van der Waals surface area (Å²) >= 11 is 0.885. The molecule has 0 atom stereocenters. The summed E-state index contributed by atoms with van der Waals surface area (Å²) in [5, 5.41) is 1.50. The third-order valence-electron chi connectivity index (χ3n) is 5.38. The van der Waals surface area contributed by atoms with E-state index in [0.29, 0.717) is 24.6 Å². The third kappa shape index (κ3) is 4.07. The number of nitrogens with zero attached hydrogens (tertiary/aromatic N) is 2. The Hall–Kier alpha value is -2.80. The number of imide groups is 1. The monoisotopic (exact) mass is 424 g/mol. The van der Waals surface area contributed by atoms with E-state index in [1.54, 1.807) is 11.0 Å². The predicted octanol–water partition coefficient (Wildman–Crippen LogP) is 4.29. The van der Waals surface area contributed by atoms with Crippen LogP contribution in [0.25, 0.3) is 16.8 Å². The number of piperidine rings is 1. The summed E-state index contributed by atoms with van der Waals surface area (Å²) in [5.41, 5.74) is 0.835. The summed E-state index contributed by atoms with van der Waals surface area (Å²) in [5.74, 6) is 0.212. The molecule has 0 bridgehead atoms. The molecular weight excluding hydrogens is 400 g/mol. The molecular formula is C23H24N2O4S. The second-order valence-corrected chi connectivity index (χ2v) is 8.33. The van der Waals surface area contributed by atoms with Crippen molar-refractivity contribution in [3.8, 4) is 5.75 Å². The minimum atomic E-state index is -0.409. The maximum absolute atomic E-state index is 12.9. The predicted molar refractivity (Wildman–Crippen MR) is 118 cm³/mol. The van der Waals surface area contributed by atoms with Crippen LogP contribution in [0.2, 0.25) is 0 Å². The molecule has 156 valence electrons. The Labute approximate surface area is 179 Å². The van der Waals surface area contributed by atoms with Crippen LogP contribution in [0.15, 0.2) is 41.3 Å². The van der Waals surface area contributed by atoms with E-state index < -0.39 is 11.1 Å². The highest BCUT2D eigenvalue weighted by atomic mass is 32.2. The number of rotatable bonds is 5. The number of thioether (sulfide) groups is 1. The van der Waals surface area contributed by atoms with Crippen LogP contribution in [-0.4, -0.2) is 53.1 Å². The van der Waals surface area contributed by atoms with E-state index in [1.807, 2.05) is 43.3 Å². The summed E-state index contributed by atoms with van der Waals surface area (Å²) < 4.78 is 5.70. The fourth-order valence-corrected chi connectivity index (χ4v) is 4.69. The maximum atomic E-state index is 12.9. The molecule has 4 rings (SSSR count). The van der Waals surface area contributed by atoms with Crippen LogP contribution in [-0.2, 0) is 9.59 Å². The van der Waals surface area contributed by atoms with Crippen LogP contribution in [0.3, 0.4) is 0 Å². The van der Waals surface area contributed by atoms with Gasteiger partial charge in [-0.25, -0.2) is 0 Å². The van der Waals surface area contributed by atoms with Crippen LogP contribution in [0.4, 0.5) is 4.79 Å². The topological polar surface area (TPSA) is 66.9 Å². The van der Waals surface area contributed by atoms with Gasteiger partial charge in [-0.2, -0.15) is 0 Å². The first-order valence-corrected chi connectivity index (χ1v) is 11.1. The summed E-state index contributed by atoms with van der Waals surface area (Å²) in [6.45, 7) is 3.70. The van der Waals surface area contributed by atoms with E-state index in [9.17, 15) is 14.4 Å². The second kappa shape index (κ2) is 8.92. The van der Waals surface area contributed by atoms with Gasteiger partial charge in [0, 0.05) is 18.5 Å². The third-order valence-corrected chi connectivity index (χ3v) is 6.29. The number of hydrogen-bond acceptors (Lipinski definition) is 5. The van der Waals surface area contributed by atoms with Gasteiger partial charge in [0.05, 0.1) is 11.5 Å². The normalized spacial score (nSPS) is 18.5. The molecule has 0 N–H and O–H groups in total. The fraction of sp³-hybridized carbons (Fsp3) is 0.348. The first kappa shape index (κ1) is 20.5. The van der Waals surface area contributed by atoms with Crippen molar-refractivity contribution in [2.24, 2.45) is 0 Å². The van der Waals surface area contributed by atoms with Crippen molar-refractivity contribution in [3.63, 3.8) is 0 Å². The van der Waals surface area contributed by atoms with E-state index in [0.717, 1.165) is 58.0 Å². The lowest BCUT2D eigenvalue weighted by Crippen LogP contribution is -2.44. The van der Waals surface area contributed by atoms with Gasteiger partial charge >= 0.3 is 0 Å². The highest BCUT2D eigenvalue weighted by molar-refractivity contribution is 8.18. The van der Waals surface area contributed by atoms with E-state index in [4.69, 9.17) is 4.74 Å². The Morgan fingerprint density at radius 2 is 1.80 bits per heavy atom. The zero-order chi connectivity index (χ0) is 21.1. The molecule has 0 aliphatic carbocycles. The standard InChI is InChI=1S/C23H24N2O4S/c1-2-29-19-11-10-16(17-8-4-5-9-18(17)19)14-20-22(27)25(23(28)30-20)15-21(26)24-12-6-3-7-13-24/h4-5,8-11,14H,2-3,6-7,12-13,15H2,1H3/b20-14-. The molecule has 2 heterocycles. The molecule has 0 radical (unpaired) electrons. The number of likely N-dealkylation sites (tertiary alicyclic amines) is 1. The highest BCUT2D eigenvalue weighted by Gasteiger charge is 2.37. The van der Waals surface area contributed by atoms with Crippen LogP contribution >= 0.6 is 11.8 Å². The van der Waals surface area contributed by atoms with Gasteiger partial charge in [-0.15, -0.1) is 0 Å². The summed E-state index contributed by atoms with van der Waals surface area (Å²) in [6.07, 6.45) is 4.79. The molecule has 2 aromatic rings. The number of ether oxygens (including phenoxy) is 1. The van der Waals surface area contributed by atoms with E-state index in [2.05, 4.69) is 0 Å². The molecule has 0 saturated carbocycles. The van der Waals surface area contributed by atoms with Gasteiger partial charge in [0.2, 0.25) is 5.91 Å². The number of carbonyl (C=O) groups excluding carboxylic acids is 3. The molecule has 2 aromatic carbocycles. The van der Waals surface area contributed by atoms with Crippen molar-refractivity contribution >= 4 is 45.7 Å². The van der Waals surface area contributed by atoms with Gasteiger partial charge in [0.1, 0.15) is 12.3 Å². The summed E-state index contributed by atoms with van der Waals surface area (Å²) in [6, 6.07) is 11.6. The van der Waals surface area contributed by atoms with Gasteiger partial charge in [-0.1, -0.05) is 30.3 Å². The number of hydrogen-bond donors (Lipinski definition) is 0. The number of benzene rings is 2. The molecule has 0 spiro atoms. The number of amides is 3. The van der Waals surface area contributed by atoms with Gasteiger partial charge in [0.25, 0.3) is 11.1 Å². The zero-order valence-electron chi connectivity index (χ0n) is 16.9. The first-order chi connectivity index (χ1) is 14.6. The molecule has 7 heteroatoms. The van der Waals surface area contributed by atoms with E-state index in [1.165, 1.54) is 0 Å². The van der Waals surface area contributed by atoms with Crippen LogP contribution in [0.5, 0.6) is 5.75 Å². The Balaban J connectivity index is 1.58. The minimum Gasteiger partial charge on any atom is -0.493 e. The van der Waals surface area contributed by atoms with Crippen LogP contribution in [0.1, 0.15) is 31.7 Å². The molecule has 2 aliphatic rings. The fourth-order valence-electron chi connectivity index (χ4n) is 3.86. The number of carbonyl (C=O) groups is 3.